The minimum absolute atomic E-state index is 0.00289. The molecule has 1 aliphatic heterocycles. The van der Waals surface area contributed by atoms with Crippen molar-refractivity contribution in [1.82, 2.24) is 9.88 Å². The van der Waals surface area contributed by atoms with Gasteiger partial charge in [-0.05, 0) is 24.3 Å². The lowest BCUT2D eigenvalue weighted by Crippen LogP contribution is -2.48. The first-order valence-corrected chi connectivity index (χ1v) is 7.47. The van der Waals surface area contributed by atoms with Gasteiger partial charge in [0.2, 0.25) is 5.91 Å². The van der Waals surface area contributed by atoms with Gasteiger partial charge in [0.15, 0.2) is 0 Å². The summed E-state index contributed by atoms with van der Waals surface area (Å²) in [7, 11) is 0. The van der Waals surface area contributed by atoms with Gasteiger partial charge in [-0.2, -0.15) is 0 Å². The molecule has 1 amide bonds. The second-order valence-corrected chi connectivity index (χ2v) is 5.40. The molecule has 0 atom stereocenters. The summed E-state index contributed by atoms with van der Waals surface area (Å²) in [4.78, 5) is 20.1. The number of hydrogen-bond donors (Lipinski definition) is 0. The van der Waals surface area contributed by atoms with Crippen LogP contribution in [0.1, 0.15) is 5.76 Å². The highest BCUT2D eigenvalue weighted by Gasteiger charge is 2.21. The molecule has 6 heteroatoms. The van der Waals surface area contributed by atoms with Crippen molar-refractivity contribution in [2.75, 3.05) is 31.1 Å². The number of rotatable bonds is 3. The summed E-state index contributed by atoms with van der Waals surface area (Å²) in [6.45, 7) is 2.84. The van der Waals surface area contributed by atoms with E-state index in [1.807, 2.05) is 17.0 Å². The number of hydrogen-bond acceptors (Lipinski definition) is 4. The first kappa shape index (κ1) is 14.7. The SMILES string of the molecule is O=C(/C=C/c1ccco1)N1CCN(c2ccncc2Cl)CC1. The van der Waals surface area contributed by atoms with Crippen molar-refractivity contribution in [3.05, 3.63) is 53.7 Å². The normalized spacial score (nSPS) is 15.5. The molecule has 2 aromatic rings. The van der Waals surface area contributed by atoms with E-state index in [9.17, 15) is 4.79 Å². The van der Waals surface area contributed by atoms with Crippen LogP contribution in [0.15, 0.2) is 47.3 Å². The molecule has 22 heavy (non-hydrogen) atoms. The van der Waals surface area contributed by atoms with E-state index in [2.05, 4.69) is 9.88 Å². The number of carbonyl (C=O) groups excluding carboxylic acids is 1. The summed E-state index contributed by atoms with van der Waals surface area (Å²) in [6, 6.07) is 5.51. The van der Waals surface area contributed by atoms with Crippen LogP contribution in [0.25, 0.3) is 6.08 Å². The summed E-state index contributed by atoms with van der Waals surface area (Å²) in [6.07, 6.45) is 8.19. The second-order valence-electron chi connectivity index (χ2n) is 4.99. The molecule has 1 saturated heterocycles. The number of aromatic nitrogens is 1. The van der Waals surface area contributed by atoms with Crippen molar-refractivity contribution >= 4 is 29.3 Å². The van der Waals surface area contributed by atoms with Crippen LogP contribution in [0.2, 0.25) is 5.02 Å². The molecule has 2 aromatic heterocycles. The Morgan fingerprint density at radius 2 is 2.09 bits per heavy atom. The zero-order valence-electron chi connectivity index (χ0n) is 12.0. The fourth-order valence-electron chi connectivity index (χ4n) is 2.44. The lowest BCUT2D eigenvalue weighted by Gasteiger charge is -2.35. The maximum atomic E-state index is 12.1. The predicted octanol–water partition coefficient (Wildman–Crippen LogP) is 2.69. The van der Waals surface area contributed by atoms with Gasteiger partial charge >= 0.3 is 0 Å². The minimum atomic E-state index is -0.00289. The van der Waals surface area contributed by atoms with Crippen LogP contribution >= 0.6 is 11.6 Å². The molecule has 114 valence electrons. The lowest BCUT2D eigenvalue weighted by molar-refractivity contribution is -0.126. The van der Waals surface area contributed by atoms with Gasteiger partial charge in [-0.15, -0.1) is 0 Å². The van der Waals surface area contributed by atoms with Gasteiger partial charge in [0.25, 0.3) is 0 Å². The summed E-state index contributed by atoms with van der Waals surface area (Å²) < 4.78 is 5.17. The van der Waals surface area contributed by atoms with E-state index in [0.717, 1.165) is 18.8 Å². The fraction of sp³-hybridized carbons (Fsp3) is 0.250. The van der Waals surface area contributed by atoms with Crippen molar-refractivity contribution in [2.45, 2.75) is 0 Å². The highest BCUT2D eigenvalue weighted by atomic mass is 35.5. The number of nitrogens with zero attached hydrogens (tertiary/aromatic N) is 3. The Morgan fingerprint density at radius 3 is 2.77 bits per heavy atom. The van der Waals surface area contributed by atoms with E-state index >= 15 is 0 Å². The van der Waals surface area contributed by atoms with E-state index in [1.165, 1.54) is 0 Å². The molecule has 5 nitrogen and oxygen atoms in total. The standard InChI is InChI=1S/C16H16ClN3O2/c17-14-12-18-6-5-15(14)19-7-9-20(10-8-19)16(21)4-3-13-2-1-11-22-13/h1-6,11-12H,7-10H2/b4-3+. The van der Waals surface area contributed by atoms with Crippen LogP contribution in [-0.2, 0) is 4.79 Å². The highest BCUT2D eigenvalue weighted by Crippen LogP contribution is 2.25. The summed E-state index contributed by atoms with van der Waals surface area (Å²) in [5.74, 6) is 0.674. The molecule has 0 N–H and O–H groups in total. The van der Waals surface area contributed by atoms with Gasteiger partial charge in [0, 0.05) is 44.6 Å². The fourth-order valence-corrected chi connectivity index (χ4v) is 2.68. The van der Waals surface area contributed by atoms with Crippen LogP contribution in [0.5, 0.6) is 0 Å². The first-order chi connectivity index (χ1) is 10.7. The number of furan rings is 1. The number of carbonyl (C=O) groups is 1. The second kappa shape index (κ2) is 6.66. The van der Waals surface area contributed by atoms with Crippen LogP contribution in [-0.4, -0.2) is 42.0 Å². The van der Waals surface area contributed by atoms with E-state index in [0.29, 0.717) is 23.9 Å². The van der Waals surface area contributed by atoms with Gasteiger partial charge < -0.3 is 14.2 Å². The molecule has 3 rings (SSSR count). The average molecular weight is 318 g/mol. The Bertz CT molecular complexity index is 662. The van der Waals surface area contributed by atoms with Crippen LogP contribution in [0.4, 0.5) is 5.69 Å². The van der Waals surface area contributed by atoms with E-state index in [1.54, 1.807) is 36.9 Å². The first-order valence-electron chi connectivity index (χ1n) is 7.09. The molecule has 0 unspecified atom stereocenters. The maximum Gasteiger partial charge on any atom is 0.246 e. The van der Waals surface area contributed by atoms with E-state index in [4.69, 9.17) is 16.0 Å². The molecular weight excluding hydrogens is 302 g/mol. The molecule has 3 heterocycles. The van der Waals surface area contributed by atoms with E-state index < -0.39 is 0 Å². The van der Waals surface area contributed by atoms with Crippen LogP contribution < -0.4 is 4.90 Å². The van der Waals surface area contributed by atoms with Gasteiger partial charge in [-0.3, -0.25) is 9.78 Å². The zero-order valence-corrected chi connectivity index (χ0v) is 12.7. The molecular formula is C16H16ClN3O2. The molecule has 0 radical (unpaired) electrons. The molecule has 0 spiro atoms. The third-order valence-corrected chi connectivity index (χ3v) is 3.91. The molecule has 0 aliphatic carbocycles. The minimum Gasteiger partial charge on any atom is -0.465 e. The van der Waals surface area contributed by atoms with Crippen molar-refractivity contribution < 1.29 is 9.21 Å². The number of halogens is 1. The number of amides is 1. The predicted molar refractivity (Wildman–Crippen MR) is 85.8 cm³/mol. The summed E-state index contributed by atoms with van der Waals surface area (Å²) >= 11 is 6.16. The Labute approximate surface area is 133 Å². The zero-order chi connectivity index (χ0) is 15.4. The Morgan fingerprint density at radius 1 is 1.27 bits per heavy atom. The summed E-state index contributed by atoms with van der Waals surface area (Å²) in [5, 5.41) is 0.639. The lowest BCUT2D eigenvalue weighted by atomic mass is 10.2. The molecule has 1 fully saturated rings. The van der Waals surface area contributed by atoms with Gasteiger partial charge in [-0.1, -0.05) is 11.6 Å². The monoisotopic (exact) mass is 317 g/mol. The Kier molecular flexibility index (Phi) is 4.44. The number of anilines is 1. The smallest absolute Gasteiger partial charge is 0.246 e. The largest absolute Gasteiger partial charge is 0.465 e. The van der Waals surface area contributed by atoms with Gasteiger partial charge in [0.1, 0.15) is 5.76 Å². The maximum absolute atomic E-state index is 12.1. The Balaban J connectivity index is 1.57. The Hall–Kier alpha value is -2.27. The van der Waals surface area contributed by atoms with Crippen molar-refractivity contribution in [1.29, 1.82) is 0 Å². The van der Waals surface area contributed by atoms with E-state index in [-0.39, 0.29) is 5.91 Å². The molecule has 0 aromatic carbocycles. The van der Waals surface area contributed by atoms with Crippen molar-refractivity contribution in [2.24, 2.45) is 0 Å². The topological polar surface area (TPSA) is 49.6 Å². The van der Waals surface area contributed by atoms with Gasteiger partial charge in [-0.25, -0.2) is 0 Å². The molecule has 0 saturated carbocycles. The molecule has 0 bridgehead atoms. The third kappa shape index (κ3) is 3.31. The van der Waals surface area contributed by atoms with Crippen molar-refractivity contribution in [3.8, 4) is 0 Å². The average Bonchev–Trinajstić information content (AvgIpc) is 3.07. The number of pyridine rings is 1. The van der Waals surface area contributed by atoms with Gasteiger partial charge in [0.05, 0.1) is 17.0 Å². The summed E-state index contributed by atoms with van der Waals surface area (Å²) in [5.41, 5.74) is 0.967. The quantitative estimate of drug-likeness (QED) is 0.817. The highest BCUT2D eigenvalue weighted by molar-refractivity contribution is 6.33. The number of piperazine rings is 1. The van der Waals surface area contributed by atoms with Crippen LogP contribution in [0, 0.1) is 0 Å². The van der Waals surface area contributed by atoms with Crippen LogP contribution in [0.3, 0.4) is 0 Å². The van der Waals surface area contributed by atoms with Crippen molar-refractivity contribution in [3.63, 3.8) is 0 Å². The molecule has 1 aliphatic rings. The third-order valence-electron chi connectivity index (χ3n) is 3.62.